The fourth-order valence-electron chi connectivity index (χ4n) is 1.22. The van der Waals surface area contributed by atoms with Gasteiger partial charge in [-0.2, -0.15) is 4.98 Å². The fraction of sp³-hybridized carbons (Fsp3) is 0.200. The summed E-state index contributed by atoms with van der Waals surface area (Å²) in [5.41, 5.74) is 0.400. The molecular weight excluding hydrogens is 277 g/mol. The number of halogens is 2. The summed E-state index contributed by atoms with van der Waals surface area (Å²) in [6, 6.07) is 4.68. The van der Waals surface area contributed by atoms with Gasteiger partial charge in [-0.25, -0.2) is 4.39 Å². The van der Waals surface area contributed by atoms with Gasteiger partial charge in [-0.1, -0.05) is 21.1 Å². The van der Waals surface area contributed by atoms with Crippen LogP contribution in [0, 0.1) is 12.7 Å². The van der Waals surface area contributed by atoms with Gasteiger partial charge < -0.3 is 9.84 Å². The summed E-state index contributed by atoms with van der Waals surface area (Å²) in [5.74, 6) is 0.673. The van der Waals surface area contributed by atoms with E-state index in [0.29, 0.717) is 23.9 Å². The second-order valence-electron chi connectivity index (χ2n) is 3.21. The highest BCUT2D eigenvalue weighted by Gasteiger charge is 2.05. The third kappa shape index (κ3) is 2.57. The smallest absolute Gasteiger partial charge is 0.223 e. The number of benzene rings is 1. The number of rotatable bonds is 3. The topological polar surface area (TPSA) is 51.0 Å². The lowest BCUT2D eigenvalue weighted by Crippen LogP contribution is -2.03. The van der Waals surface area contributed by atoms with Crippen LogP contribution in [0.1, 0.15) is 11.7 Å². The first-order valence-electron chi connectivity index (χ1n) is 4.63. The van der Waals surface area contributed by atoms with E-state index in [-0.39, 0.29) is 5.82 Å². The van der Waals surface area contributed by atoms with Gasteiger partial charge in [0.25, 0.3) is 0 Å². The van der Waals surface area contributed by atoms with Crippen molar-refractivity contribution in [2.24, 2.45) is 0 Å². The zero-order valence-electron chi connectivity index (χ0n) is 8.50. The molecule has 0 aliphatic heterocycles. The van der Waals surface area contributed by atoms with Gasteiger partial charge in [0, 0.05) is 11.4 Å². The van der Waals surface area contributed by atoms with Crippen molar-refractivity contribution in [1.29, 1.82) is 0 Å². The van der Waals surface area contributed by atoms with Crippen LogP contribution in [0.15, 0.2) is 27.2 Å². The van der Waals surface area contributed by atoms with Crippen molar-refractivity contribution in [3.8, 4) is 0 Å². The number of nitrogens with zero attached hydrogens (tertiary/aromatic N) is 2. The summed E-state index contributed by atoms with van der Waals surface area (Å²) in [4.78, 5) is 4.00. The molecule has 0 aliphatic rings. The van der Waals surface area contributed by atoms with E-state index in [1.807, 2.05) is 0 Å². The van der Waals surface area contributed by atoms with E-state index in [2.05, 4.69) is 31.4 Å². The lowest BCUT2D eigenvalue weighted by molar-refractivity contribution is 0.388. The highest BCUT2D eigenvalue weighted by Crippen LogP contribution is 2.20. The minimum absolute atomic E-state index is 0.316. The molecule has 1 N–H and O–H groups in total. The molecule has 0 radical (unpaired) electrons. The molecule has 1 aromatic carbocycles. The molecule has 0 saturated heterocycles. The average molecular weight is 286 g/mol. The van der Waals surface area contributed by atoms with Gasteiger partial charge in [0.1, 0.15) is 5.82 Å². The van der Waals surface area contributed by atoms with Crippen molar-refractivity contribution < 1.29 is 8.91 Å². The van der Waals surface area contributed by atoms with E-state index in [4.69, 9.17) is 4.52 Å². The molecular formula is C10H9BrFN3O. The standard InChI is InChI=1S/C10H9BrFN3O/c1-6-14-10(15-16-6)5-13-9-4-7(11)2-3-8(9)12/h2-4,13H,5H2,1H3. The first-order valence-corrected chi connectivity index (χ1v) is 5.42. The second-order valence-corrected chi connectivity index (χ2v) is 4.12. The van der Waals surface area contributed by atoms with E-state index in [9.17, 15) is 4.39 Å². The summed E-state index contributed by atoms with van der Waals surface area (Å²) in [6.45, 7) is 2.03. The van der Waals surface area contributed by atoms with Gasteiger partial charge in [-0.15, -0.1) is 0 Å². The van der Waals surface area contributed by atoms with Crippen LogP contribution in [0.25, 0.3) is 0 Å². The Balaban J connectivity index is 2.07. The maximum absolute atomic E-state index is 13.3. The predicted octanol–water partition coefficient (Wildman–Crippen LogP) is 2.89. The van der Waals surface area contributed by atoms with Crippen molar-refractivity contribution in [3.05, 3.63) is 40.2 Å². The summed E-state index contributed by atoms with van der Waals surface area (Å²) >= 11 is 3.27. The van der Waals surface area contributed by atoms with E-state index in [1.165, 1.54) is 6.07 Å². The van der Waals surface area contributed by atoms with E-state index in [0.717, 1.165) is 4.47 Å². The van der Waals surface area contributed by atoms with Crippen LogP contribution in [-0.2, 0) is 6.54 Å². The molecule has 4 nitrogen and oxygen atoms in total. The van der Waals surface area contributed by atoms with Gasteiger partial charge in [0.2, 0.25) is 5.89 Å². The fourth-order valence-corrected chi connectivity index (χ4v) is 1.58. The predicted molar refractivity (Wildman–Crippen MR) is 60.5 cm³/mol. The van der Waals surface area contributed by atoms with Crippen molar-refractivity contribution >= 4 is 21.6 Å². The van der Waals surface area contributed by atoms with Crippen molar-refractivity contribution in [2.45, 2.75) is 13.5 Å². The van der Waals surface area contributed by atoms with Crippen molar-refractivity contribution in [3.63, 3.8) is 0 Å². The summed E-state index contributed by atoms with van der Waals surface area (Å²) in [5, 5.41) is 6.59. The van der Waals surface area contributed by atoms with Crippen LogP contribution in [0.5, 0.6) is 0 Å². The number of aromatic nitrogens is 2. The average Bonchev–Trinajstić information content (AvgIpc) is 2.66. The summed E-state index contributed by atoms with van der Waals surface area (Å²) in [7, 11) is 0. The molecule has 0 saturated carbocycles. The quantitative estimate of drug-likeness (QED) is 0.942. The zero-order chi connectivity index (χ0) is 11.5. The van der Waals surface area contributed by atoms with Crippen molar-refractivity contribution in [1.82, 2.24) is 10.1 Å². The monoisotopic (exact) mass is 285 g/mol. The van der Waals surface area contributed by atoms with Crippen LogP contribution in [0.2, 0.25) is 0 Å². The molecule has 0 amide bonds. The lowest BCUT2D eigenvalue weighted by atomic mass is 10.3. The Labute approximate surface area is 100.0 Å². The second kappa shape index (κ2) is 4.61. The Hall–Kier alpha value is -1.43. The maximum Gasteiger partial charge on any atom is 0.223 e. The van der Waals surface area contributed by atoms with Crippen LogP contribution in [-0.4, -0.2) is 10.1 Å². The van der Waals surface area contributed by atoms with Crippen LogP contribution in [0.3, 0.4) is 0 Å². The van der Waals surface area contributed by atoms with Gasteiger partial charge >= 0.3 is 0 Å². The van der Waals surface area contributed by atoms with E-state index in [1.54, 1.807) is 19.1 Å². The molecule has 6 heteroatoms. The van der Waals surface area contributed by atoms with Gasteiger partial charge in [0.05, 0.1) is 12.2 Å². The molecule has 0 spiro atoms. The van der Waals surface area contributed by atoms with Crippen LogP contribution in [0.4, 0.5) is 10.1 Å². The normalized spacial score (nSPS) is 10.4. The van der Waals surface area contributed by atoms with Gasteiger partial charge in [-0.05, 0) is 18.2 Å². The number of hydrogen-bond acceptors (Lipinski definition) is 4. The molecule has 84 valence electrons. The molecule has 1 heterocycles. The first-order chi connectivity index (χ1) is 7.65. The zero-order valence-corrected chi connectivity index (χ0v) is 10.1. The van der Waals surface area contributed by atoms with Crippen molar-refractivity contribution in [2.75, 3.05) is 5.32 Å². The number of aryl methyl sites for hydroxylation is 1. The molecule has 2 aromatic rings. The molecule has 0 atom stereocenters. The third-order valence-corrected chi connectivity index (χ3v) is 2.43. The Kier molecular flexibility index (Phi) is 3.19. The summed E-state index contributed by atoms with van der Waals surface area (Å²) < 4.78 is 18.9. The van der Waals surface area contributed by atoms with E-state index >= 15 is 0 Å². The Morgan fingerprint density at radius 3 is 3.00 bits per heavy atom. The minimum Gasteiger partial charge on any atom is -0.375 e. The molecule has 0 fully saturated rings. The Bertz CT molecular complexity index is 501. The van der Waals surface area contributed by atoms with Gasteiger partial charge in [0.15, 0.2) is 5.82 Å². The molecule has 0 aliphatic carbocycles. The maximum atomic E-state index is 13.3. The largest absolute Gasteiger partial charge is 0.375 e. The highest BCUT2D eigenvalue weighted by atomic mass is 79.9. The lowest BCUT2D eigenvalue weighted by Gasteiger charge is -2.05. The van der Waals surface area contributed by atoms with Crippen LogP contribution < -0.4 is 5.32 Å². The number of anilines is 1. The molecule has 0 bridgehead atoms. The third-order valence-electron chi connectivity index (χ3n) is 1.93. The molecule has 16 heavy (non-hydrogen) atoms. The molecule has 0 unspecified atom stereocenters. The Morgan fingerprint density at radius 2 is 2.31 bits per heavy atom. The molecule has 2 rings (SSSR count). The Morgan fingerprint density at radius 1 is 1.50 bits per heavy atom. The highest BCUT2D eigenvalue weighted by molar-refractivity contribution is 9.10. The summed E-state index contributed by atoms with van der Waals surface area (Å²) in [6.07, 6.45) is 0. The van der Waals surface area contributed by atoms with Crippen LogP contribution >= 0.6 is 15.9 Å². The first kappa shape index (κ1) is 11.1. The number of hydrogen-bond donors (Lipinski definition) is 1. The molecule has 1 aromatic heterocycles. The SMILES string of the molecule is Cc1nc(CNc2cc(Br)ccc2F)no1. The van der Waals surface area contributed by atoms with E-state index < -0.39 is 0 Å². The van der Waals surface area contributed by atoms with Gasteiger partial charge in [-0.3, -0.25) is 0 Å². The minimum atomic E-state index is -0.316. The number of nitrogens with one attached hydrogen (secondary N) is 1.